The predicted molar refractivity (Wildman–Crippen MR) is 71.7 cm³/mol. The van der Waals surface area contributed by atoms with E-state index in [0.29, 0.717) is 5.75 Å². The smallest absolute Gasteiger partial charge is 0.169 e. The maximum absolute atomic E-state index is 8.93. The van der Waals surface area contributed by atoms with Gasteiger partial charge in [-0.1, -0.05) is 46.9 Å². The molecule has 1 heterocycles. The molecule has 1 aromatic carbocycles. The second kappa shape index (κ2) is 5.76. The molecule has 1 N–H and O–H groups in total. The number of ether oxygens (including phenoxy) is 1. The van der Waals surface area contributed by atoms with Gasteiger partial charge in [-0.3, -0.25) is 0 Å². The lowest BCUT2D eigenvalue weighted by Crippen LogP contribution is -1.90. The maximum Gasteiger partial charge on any atom is 0.169 e. The van der Waals surface area contributed by atoms with Gasteiger partial charge in [-0.15, -0.1) is 0 Å². The van der Waals surface area contributed by atoms with E-state index in [-0.39, 0.29) is 27.6 Å². The average molecular weight is 305 g/mol. The van der Waals surface area contributed by atoms with E-state index in [2.05, 4.69) is 4.98 Å². The summed E-state index contributed by atoms with van der Waals surface area (Å²) in [5.74, 6) is 0.799. The summed E-state index contributed by atoms with van der Waals surface area (Å²) in [5, 5.41) is 9.50. The number of hydrogen-bond acceptors (Lipinski definition) is 3. The van der Waals surface area contributed by atoms with Gasteiger partial charge in [-0.2, -0.15) is 0 Å². The summed E-state index contributed by atoms with van der Waals surface area (Å²) in [6.45, 7) is -0.0249. The van der Waals surface area contributed by atoms with Crippen LogP contribution in [0.1, 0.15) is 5.56 Å². The highest BCUT2D eigenvalue weighted by Crippen LogP contribution is 2.39. The standard InChI is InChI=1S/C12H8Cl3NO2/c13-9-5-16-12(15)10(14)11(9)18-8-3-1-7(6-17)2-4-8/h1-5,17H,6H2. The lowest BCUT2D eigenvalue weighted by molar-refractivity contribution is 0.281. The molecule has 0 spiro atoms. The Kier molecular flexibility index (Phi) is 4.30. The van der Waals surface area contributed by atoms with Gasteiger partial charge in [0.05, 0.1) is 12.8 Å². The molecule has 0 atom stereocenters. The lowest BCUT2D eigenvalue weighted by atomic mass is 10.2. The average Bonchev–Trinajstić information content (AvgIpc) is 2.40. The molecule has 0 radical (unpaired) electrons. The minimum atomic E-state index is -0.0249. The molecule has 6 heteroatoms. The van der Waals surface area contributed by atoms with Crippen molar-refractivity contribution in [3.05, 3.63) is 51.2 Å². The third kappa shape index (κ3) is 2.87. The van der Waals surface area contributed by atoms with Crippen LogP contribution in [0.15, 0.2) is 30.5 Å². The van der Waals surface area contributed by atoms with Gasteiger partial charge in [0.1, 0.15) is 15.8 Å². The molecule has 3 nitrogen and oxygen atoms in total. The van der Waals surface area contributed by atoms with E-state index >= 15 is 0 Å². The predicted octanol–water partition coefficient (Wildman–Crippen LogP) is 4.33. The van der Waals surface area contributed by atoms with Crippen molar-refractivity contribution < 1.29 is 9.84 Å². The Morgan fingerprint density at radius 2 is 1.78 bits per heavy atom. The Balaban J connectivity index is 2.30. The van der Waals surface area contributed by atoms with Gasteiger partial charge in [0.25, 0.3) is 0 Å². The zero-order valence-electron chi connectivity index (χ0n) is 9.03. The Morgan fingerprint density at radius 1 is 1.11 bits per heavy atom. The molecule has 18 heavy (non-hydrogen) atoms. The summed E-state index contributed by atoms with van der Waals surface area (Å²) in [5.41, 5.74) is 0.785. The molecule has 0 aliphatic heterocycles. The molecule has 0 amide bonds. The number of benzene rings is 1. The summed E-state index contributed by atoms with van der Waals surface area (Å²) >= 11 is 17.7. The maximum atomic E-state index is 8.93. The first-order valence-electron chi connectivity index (χ1n) is 4.99. The van der Waals surface area contributed by atoms with Crippen molar-refractivity contribution in [1.82, 2.24) is 4.98 Å². The van der Waals surface area contributed by atoms with Crippen molar-refractivity contribution in [2.45, 2.75) is 6.61 Å². The van der Waals surface area contributed by atoms with Crippen LogP contribution in [0.4, 0.5) is 0 Å². The van der Waals surface area contributed by atoms with E-state index in [1.54, 1.807) is 24.3 Å². The largest absolute Gasteiger partial charge is 0.454 e. The highest BCUT2D eigenvalue weighted by atomic mass is 35.5. The topological polar surface area (TPSA) is 42.4 Å². The number of aliphatic hydroxyl groups excluding tert-OH is 1. The fourth-order valence-corrected chi connectivity index (χ4v) is 1.86. The molecule has 0 saturated carbocycles. The fraction of sp³-hybridized carbons (Fsp3) is 0.0833. The minimum Gasteiger partial charge on any atom is -0.454 e. The Hall–Kier alpha value is -1.000. The van der Waals surface area contributed by atoms with E-state index in [1.807, 2.05) is 0 Å². The van der Waals surface area contributed by atoms with Gasteiger partial charge in [0, 0.05) is 0 Å². The van der Waals surface area contributed by atoms with Gasteiger partial charge in [-0.05, 0) is 17.7 Å². The number of pyridine rings is 1. The minimum absolute atomic E-state index is 0.0249. The molecule has 0 bridgehead atoms. The van der Waals surface area contributed by atoms with Gasteiger partial charge < -0.3 is 9.84 Å². The van der Waals surface area contributed by atoms with E-state index in [0.717, 1.165) is 5.56 Å². The van der Waals surface area contributed by atoms with Crippen LogP contribution in [0.25, 0.3) is 0 Å². The number of halogens is 3. The van der Waals surface area contributed by atoms with Gasteiger partial charge in [-0.25, -0.2) is 4.98 Å². The number of hydrogen-bond donors (Lipinski definition) is 1. The van der Waals surface area contributed by atoms with Crippen molar-refractivity contribution in [3.63, 3.8) is 0 Å². The number of aliphatic hydroxyl groups is 1. The second-order valence-electron chi connectivity index (χ2n) is 3.44. The van der Waals surface area contributed by atoms with Crippen LogP contribution in [0.5, 0.6) is 11.5 Å². The normalized spacial score (nSPS) is 10.4. The zero-order chi connectivity index (χ0) is 13.1. The number of nitrogens with zero attached hydrogens (tertiary/aromatic N) is 1. The van der Waals surface area contributed by atoms with E-state index in [4.69, 9.17) is 44.6 Å². The molecule has 94 valence electrons. The molecule has 2 aromatic rings. The summed E-state index contributed by atoms with van der Waals surface area (Å²) < 4.78 is 5.55. The van der Waals surface area contributed by atoms with Crippen molar-refractivity contribution in [1.29, 1.82) is 0 Å². The molecule has 2 rings (SSSR count). The Labute approximate surface area is 119 Å². The molecule has 1 aromatic heterocycles. The van der Waals surface area contributed by atoms with Gasteiger partial charge >= 0.3 is 0 Å². The first-order valence-corrected chi connectivity index (χ1v) is 6.12. The van der Waals surface area contributed by atoms with Crippen molar-refractivity contribution in [3.8, 4) is 11.5 Å². The number of rotatable bonds is 3. The van der Waals surface area contributed by atoms with Crippen LogP contribution < -0.4 is 4.74 Å². The van der Waals surface area contributed by atoms with Crippen LogP contribution in [0.2, 0.25) is 15.2 Å². The first-order chi connectivity index (χ1) is 8.61. The van der Waals surface area contributed by atoms with E-state index in [9.17, 15) is 0 Å². The summed E-state index contributed by atoms with van der Waals surface area (Å²) in [7, 11) is 0. The molecule has 0 aliphatic carbocycles. The second-order valence-corrected chi connectivity index (χ2v) is 4.59. The molecular weight excluding hydrogens is 296 g/mol. The van der Waals surface area contributed by atoms with E-state index < -0.39 is 0 Å². The van der Waals surface area contributed by atoms with Crippen LogP contribution >= 0.6 is 34.8 Å². The summed E-state index contributed by atoms with van der Waals surface area (Å²) in [4.78, 5) is 3.80. The third-order valence-corrected chi connectivity index (χ3v) is 3.22. The van der Waals surface area contributed by atoms with E-state index in [1.165, 1.54) is 6.20 Å². The summed E-state index contributed by atoms with van der Waals surface area (Å²) in [6, 6.07) is 6.87. The summed E-state index contributed by atoms with van der Waals surface area (Å²) in [6.07, 6.45) is 1.37. The Morgan fingerprint density at radius 3 is 2.39 bits per heavy atom. The molecule has 0 saturated heterocycles. The Bertz CT molecular complexity index is 558. The van der Waals surface area contributed by atoms with Gasteiger partial charge in [0.2, 0.25) is 0 Å². The fourth-order valence-electron chi connectivity index (χ4n) is 1.30. The zero-order valence-corrected chi connectivity index (χ0v) is 11.3. The number of aromatic nitrogens is 1. The van der Waals surface area contributed by atoms with Crippen molar-refractivity contribution >= 4 is 34.8 Å². The van der Waals surface area contributed by atoms with Crippen LogP contribution in [-0.2, 0) is 6.61 Å². The van der Waals surface area contributed by atoms with Crippen molar-refractivity contribution in [2.24, 2.45) is 0 Å². The molecule has 0 fully saturated rings. The third-order valence-electron chi connectivity index (χ3n) is 2.21. The van der Waals surface area contributed by atoms with Crippen LogP contribution in [-0.4, -0.2) is 10.1 Å². The molecular formula is C12H8Cl3NO2. The lowest BCUT2D eigenvalue weighted by Gasteiger charge is -2.10. The highest BCUT2D eigenvalue weighted by Gasteiger charge is 2.13. The monoisotopic (exact) mass is 303 g/mol. The molecule has 0 aliphatic rings. The molecule has 0 unspecified atom stereocenters. The highest BCUT2D eigenvalue weighted by molar-refractivity contribution is 6.43. The van der Waals surface area contributed by atoms with Crippen LogP contribution in [0.3, 0.4) is 0 Å². The van der Waals surface area contributed by atoms with Gasteiger partial charge in [0.15, 0.2) is 10.9 Å². The van der Waals surface area contributed by atoms with Crippen LogP contribution in [0, 0.1) is 0 Å². The SMILES string of the molecule is OCc1ccc(Oc2c(Cl)cnc(Cl)c2Cl)cc1. The quantitative estimate of drug-likeness (QED) is 0.858. The first kappa shape index (κ1) is 13.4. The van der Waals surface area contributed by atoms with Crippen molar-refractivity contribution in [2.75, 3.05) is 0 Å².